The van der Waals surface area contributed by atoms with Gasteiger partial charge >= 0.3 is 10.9 Å². The number of aromatic nitrogens is 2. The molecule has 1 spiro atoms. The number of rotatable bonds is 2. The average molecular weight is 470 g/mol. The van der Waals surface area contributed by atoms with E-state index in [4.69, 9.17) is 9.47 Å². The molecule has 0 unspecified atom stereocenters. The van der Waals surface area contributed by atoms with E-state index in [1.807, 2.05) is 6.07 Å². The number of esters is 1. The normalized spacial score (nSPS) is 18.0. The molecule has 1 aromatic heterocycles. The van der Waals surface area contributed by atoms with Crippen LogP contribution in [-0.4, -0.2) is 34.4 Å². The van der Waals surface area contributed by atoms with Gasteiger partial charge in [-0.25, -0.2) is 4.79 Å². The first-order chi connectivity index (χ1) is 13.5. The van der Waals surface area contributed by atoms with E-state index in [0.29, 0.717) is 53.2 Å². The maximum Gasteiger partial charge on any atom is 0.401 e. The maximum absolute atomic E-state index is 14.5. The number of nitrogens with one attached hydrogen (secondary N) is 1. The Morgan fingerprint density at radius 2 is 1.93 bits per heavy atom. The lowest BCUT2D eigenvalue weighted by atomic mass is 9.80. The molecule has 9 heteroatoms. The van der Waals surface area contributed by atoms with Crippen LogP contribution in [0.2, 0.25) is 0 Å². The van der Waals surface area contributed by atoms with E-state index < -0.39 is 22.1 Å². The van der Waals surface area contributed by atoms with Crippen molar-refractivity contribution in [3.63, 3.8) is 0 Å². The lowest BCUT2D eigenvalue weighted by Crippen LogP contribution is -2.46. The van der Waals surface area contributed by atoms with Crippen molar-refractivity contribution in [2.24, 2.45) is 0 Å². The van der Waals surface area contributed by atoms with Gasteiger partial charge in [0.25, 0.3) is 0 Å². The molecule has 1 saturated heterocycles. The Morgan fingerprint density at radius 1 is 1.28 bits per heavy atom. The van der Waals surface area contributed by atoms with Crippen LogP contribution in [0.5, 0.6) is 5.75 Å². The van der Waals surface area contributed by atoms with Gasteiger partial charge in [-0.1, -0.05) is 12.1 Å². The Hall–Kier alpha value is -2.00. The highest BCUT2D eigenvalue weighted by Gasteiger charge is 2.50. The Balaban J connectivity index is 2.01. The topological polar surface area (TPSA) is 65.4 Å². The van der Waals surface area contributed by atoms with Gasteiger partial charge in [0.1, 0.15) is 22.6 Å². The summed E-state index contributed by atoms with van der Waals surface area (Å²) in [5, 5.41) is 7.44. The predicted octanol–water partition coefficient (Wildman–Crippen LogP) is 4.38. The van der Waals surface area contributed by atoms with Crippen LogP contribution in [0.3, 0.4) is 0 Å². The van der Waals surface area contributed by atoms with Crippen molar-refractivity contribution in [1.82, 2.24) is 15.1 Å². The predicted molar refractivity (Wildman–Crippen MR) is 106 cm³/mol. The lowest BCUT2D eigenvalue weighted by Gasteiger charge is -2.41. The van der Waals surface area contributed by atoms with E-state index >= 15 is 0 Å². The Morgan fingerprint density at radius 3 is 2.55 bits per heavy atom. The third-order valence-corrected chi connectivity index (χ3v) is 5.37. The number of carbonyl (C=O) groups excluding carboxylic acids is 1. The van der Waals surface area contributed by atoms with E-state index in [2.05, 4.69) is 26.3 Å². The Bertz CT molecular complexity index is 957. The number of alkyl halides is 3. The van der Waals surface area contributed by atoms with Crippen LogP contribution in [-0.2, 0) is 15.3 Å². The van der Waals surface area contributed by atoms with Crippen molar-refractivity contribution >= 4 is 21.9 Å². The average Bonchev–Trinajstić information content (AvgIpc) is 3.04. The molecule has 156 valence electrons. The van der Waals surface area contributed by atoms with Gasteiger partial charge in [-0.3, -0.25) is 0 Å². The minimum Gasteiger partial charge on any atom is -0.482 e. The van der Waals surface area contributed by atoms with Crippen LogP contribution in [0.25, 0.3) is 11.3 Å². The van der Waals surface area contributed by atoms with Gasteiger partial charge in [0.15, 0.2) is 5.69 Å². The van der Waals surface area contributed by atoms with Crippen LogP contribution in [0.1, 0.15) is 49.7 Å². The Labute approximate surface area is 175 Å². The summed E-state index contributed by atoms with van der Waals surface area (Å²) in [6.45, 7) is 6.33. The fourth-order valence-corrected chi connectivity index (χ4v) is 4.19. The molecular formula is C20H22BrF2N3O3. The van der Waals surface area contributed by atoms with Crippen molar-refractivity contribution in [2.75, 3.05) is 13.1 Å². The van der Waals surface area contributed by atoms with Crippen LogP contribution in [0.4, 0.5) is 8.78 Å². The summed E-state index contributed by atoms with van der Waals surface area (Å²) in [6, 6.07) is 7.15. The van der Waals surface area contributed by atoms with Gasteiger partial charge < -0.3 is 14.8 Å². The highest BCUT2D eigenvalue weighted by Crippen LogP contribution is 2.51. The standard InChI is InChI=1S/C20H22BrF2N3O3/c1-18(2,3)29-17(27)16-14-15(25-26(16)20(21,22)23)12-6-4-5-7-13(12)28-19(14)8-10-24-11-9-19/h4-7,24H,8-11H2,1-3H3. The van der Waals surface area contributed by atoms with E-state index in [1.165, 1.54) is 0 Å². The van der Waals surface area contributed by atoms with Crippen molar-refractivity contribution in [3.8, 4) is 17.0 Å². The first-order valence-electron chi connectivity index (χ1n) is 9.45. The number of carbonyl (C=O) groups is 1. The third kappa shape index (κ3) is 3.54. The number of benzene rings is 1. The lowest BCUT2D eigenvalue weighted by molar-refractivity contribution is -0.00985. The van der Waals surface area contributed by atoms with Crippen LogP contribution in [0, 0.1) is 0 Å². The number of ether oxygens (including phenoxy) is 2. The maximum atomic E-state index is 14.5. The van der Waals surface area contributed by atoms with Crippen molar-refractivity contribution in [3.05, 3.63) is 35.5 Å². The van der Waals surface area contributed by atoms with Gasteiger partial charge in [0, 0.05) is 34.3 Å². The molecule has 0 bridgehead atoms. The molecule has 4 rings (SSSR count). The molecule has 1 aromatic carbocycles. The summed E-state index contributed by atoms with van der Waals surface area (Å²) < 4.78 is 41.2. The van der Waals surface area contributed by atoms with E-state index in [-0.39, 0.29) is 5.69 Å². The molecule has 2 aliphatic heterocycles. The number of nitrogens with zero attached hydrogens (tertiary/aromatic N) is 2. The molecule has 29 heavy (non-hydrogen) atoms. The monoisotopic (exact) mass is 469 g/mol. The first-order valence-corrected chi connectivity index (χ1v) is 10.2. The van der Waals surface area contributed by atoms with E-state index in [0.717, 1.165) is 0 Å². The molecule has 0 radical (unpaired) electrons. The number of para-hydroxylation sites is 1. The van der Waals surface area contributed by atoms with Crippen LogP contribution >= 0.6 is 15.9 Å². The minimum atomic E-state index is -3.57. The highest BCUT2D eigenvalue weighted by atomic mass is 79.9. The molecule has 6 nitrogen and oxygen atoms in total. The quantitative estimate of drug-likeness (QED) is 0.522. The van der Waals surface area contributed by atoms with Crippen LogP contribution < -0.4 is 10.1 Å². The molecule has 1 N–H and O–H groups in total. The molecule has 0 atom stereocenters. The number of piperidine rings is 1. The zero-order valence-corrected chi connectivity index (χ0v) is 18.0. The fraction of sp³-hybridized carbons (Fsp3) is 0.500. The molecule has 0 amide bonds. The third-order valence-electron chi connectivity index (χ3n) is 5.03. The van der Waals surface area contributed by atoms with Gasteiger partial charge in [0.2, 0.25) is 0 Å². The number of halogens is 3. The van der Waals surface area contributed by atoms with Crippen molar-refractivity contribution in [2.45, 2.75) is 49.8 Å². The van der Waals surface area contributed by atoms with E-state index in [1.54, 1.807) is 39.0 Å². The summed E-state index contributed by atoms with van der Waals surface area (Å²) in [5.41, 5.74) is -0.799. The van der Waals surface area contributed by atoms with E-state index in [9.17, 15) is 13.6 Å². The highest BCUT2D eigenvalue weighted by molar-refractivity contribution is 9.09. The second kappa shape index (κ2) is 6.77. The molecule has 1 fully saturated rings. The molecule has 2 aliphatic rings. The fourth-order valence-electron chi connectivity index (χ4n) is 3.93. The SMILES string of the molecule is CC(C)(C)OC(=O)c1c2c(nn1C(F)(F)Br)-c1ccccc1OC21CCNCC1. The van der Waals surface area contributed by atoms with Crippen molar-refractivity contribution < 1.29 is 23.0 Å². The van der Waals surface area contributed by atoms with Gasteiger partial charge in [-0.05, 0) is 46.0 Å². The molecular weight excluding hydrogens is 448 g/mol. The summed E-state index contributed by atoms with van der Waals surface area (Å²) in [4.78, 5) is 9.52. The first kappa shape index (κ1) is 20.3. The van der Waals surface area contributed by atoms with Gasteiger partial charge in [-0.15, -0.1) is 0 Å². The second-order valence-corrected chi connectivity index (χ2v) is 9.25. The van der Waals surface area contributed by atoms with Gasteiger partial charge in [0.05, 0.1) is 5.56 Å². The van der Waals surface area contributed by atoms with Crippen LogP contribution in [0.15, 0.2) is 24.3 Å². The number of hydrogen-bond acceptors (Lipinski definition) is 5. The molecule has 3 heterocycles. The molecule has 0 saturated carbocycles. The number of fused-ring (bicyclic) bond motifs is 4. The Kier molecular flexibility index (Phi) is 4.73. The summed E-state index contributed by atoms with van der Waals surface area (Å²) in [7, 11) is 0. The summed E-state index contributed by atoms with van der Waals surface area (Å²) in [6.07, 6.45) is 1.04. The minimum absolute atomic E-state index is 0.284. The van der Waals surface area contributed by atoms with Gasteiger partial charge in [-0.2, -0.15) is 18.6 Å². The second-order valence-electron chi connectivity index (χ2n) is 8.30. The smallest absolute Gasteiger partial charge is 0.401 e. The largest absolute Gasteiger partial charge is 0.482 e. The zero-order valence-electron chi connectivity index (χ0n) is 16.4. The summed E-state index contributed by atoms with van der Waals surface area (Å²) >= 11 is 2.37. The molecule has 2 aromatic rings. The zero-order chi connectivity index (χ0) is 21.0. The number of hydrogen-bond donors (Lipinski definition) is 1. The molecule has 0 aliphatic carbocycles. The van der Waals surface area contributed by atoms with Crippen molar-refractivity contribution in [1.29, 1.82) is 0 Å². The summed E-state index contributed by atoms with van der Waals surface area (Å²) in [5.74, 6) is -0.286.